The van der Waals surface area contributed by atoms with Gasteiger partial charge in [0.05, 0.1) is 6.61 Å². The van der Waals surface area contributed by atoms with E-state index in [4.69, 9.17) is 16.3 Å². The maximum Gasteiger partial charge on any atom is 0.255 e. The summed E-state index contributed by atoms with van der Waals surface area (Å²) in [5.74, 6) is 1.37. The lowest BCUT2D eigenvalue weighted by atomic mass is 10.1. The lowest BCUT2D eigenvalue weighted by Gasteiger charge is -2.13. The highest BCUT2D eigenvalue weighted by Crippen LogP contribution is 2.29. The number of thioether (sulfide) groups is 1. The molecule has 0 saturated heterocycles. The topological polar surface area (TPSA) is 38.3 Å². The summed E-state index contributed by atoms with van der Waals surface area (Å²) in [6.07, 6.45) is 0. The van der Waals surface area contributed by atoms with Crippen LogP contribution >= 0.6 is 23.4 Å². The summed E-state index contributed by atoms with van der Waals surface area (Å²) in [6, 6.07) is 21.0. The molecule has 0 bridgehead atoms. The largest absolute Gasteiger partial charge is 0.494 e. The zero-order valence-corrected chi connectivity index (χ0v) is 17.4. The van der Waals surface area contributed by atoms with Crippen LogP contribution in [0.25, 0.3) is 0 Å². The van der Waals surface area contributed by atoms with Crippen LogP contribution in [0, 0.1) is 6.92 Å². The van der Waals surface area contributed by atoms with Gasteiger partial charge in [-0.15, -0.1) is 11.8 Å². The molecule has 0 aliphatic carbocycles. The number of rotatable bonds is 7. The SMILES string of the molecule is CCOc1ccc(C(=O)Nc2ccc(Cl)cc2)cc1CSc1ccc(C)cc1. The van der Waals surface area contributed by atoms with Crippen molar-refractivity contribution in [3.05, 3.63) is 88.4 Å². The van der Waals surface area contributed by atoms with Crippen LogP contribution in [0.4, 0.5) is 5.69 Å². The average molecular weight is 412 g/mol. The van der Waals surface area contributed by atoms with Crippen molar-refractivity contribution in [3.8, 4) is 5.75 Å². The van der Waals surface area contributed by atoms with Crippen molar-refractivity contribution < 1.29 is 9.53 Å². The van der Waals surface area contributed by atoms with Crippen molar-refractivity contribution in [1.82, 2.24) is 0 Å². The Morgan fingerprint density at radius 3 is 2.43 bits per heavy atom. The van der Waals surface area contributed by atoms with E-state index in [1.54, 1.807) is 42.1 Å². The molecule has 0 unspecified atom stereocenters. The monoisotopic (exact) mass is 411 g/mol. The fourth-order valence-electron chi connectivity index (χ4n) is 2.66. The normalized spacial score (nSPS) is 10.5. The van der Waals surface area contributed by atoms with Gasteiger partial charge in [-0.05, 0) is 68.4 Å². The molecule has 0 aromatic heterocycles. The summed E-state index contributed by atoms with van der Waals surface area (Å²) in [4.78, 5) is 13.8. The Morgan fingerprint density at radius 1 is 1.04 bits per heavy atom. The van der Waals surface area contributed by atoms with E-state index in [-0.39, 0.29) is 5.91 Å². The minimum Gasteiger partial charge on any atom is -0.494 e. The molecular weight excluding hydrogens is 390 g/mol. The molecule has 0 aliphatic heterocycles. The Hall–Kier alpha value is -2.43. The van der Waals surface area contributed by atoms with Crippen molar-refractivity contribution in [2.75, 3.05) is 11.9 Å². The summed E-state index contributed by atoms with van der Waals surface area (Å²) in [5.41, 5.74) is 3.54. The number of ether oxygens (including phenoxy) is 1. The van der Waals surface area contributed by atoms with Gasteiger partial charge in [0.1, 0.15) is 5.75 Å². The Labute approximate surface area is 175 Å². The third-order valence-corrected chi connectivity index (χ3v) is 5.45. The quantitative estimate of drug-likeness (QED) is 0.445. The molecule has 144 valence electrons. The van der Waals surface area contributed by atoms with Crippen molar-refractivity contribution >= 4 is 35.0 Å². The number of aryl methyl sites for hydroxylation is 1. The minimum atomic E-state index is -0.160. The standard InChI is InChI=1S/C23H22ClNO2S/c1-3-27-22-13-6-17(23(26)25-20-9-7-19(24)8-10-20)14-18(22)15-28-21-11-4-16(2)5-12-21/h4-14H,3,15H2,1-2H3,(H,25,26). The lowest BCUT2D eigenvalue weighted by molar-refractivity contribution is 0.102. The van der Waals surface area contributed by atoms with E-state index in [1.165, 1.54) is 10.5 Å². The second kappa shape index (κ2) is 9.67. The number of hydrogen-bond acceptors (Lipinski definition) is 3. The molecule has 1 N–H and O–H groups in total. The molecule has 1 amide bonds. The smallest absolute Gasteiger partial charge is 0.255 e. The summed E-state index contributed by atoms with van der Waals surface area (Å²) in [7, 11) is 0. The Kier molecular flexibility index (Phi) is 7.01. The first-order chi connectivity index (χ1) is 13.5. The van der Waals surface area contributed by atoms with E-state index in [2.05, 4.69) is 36.5 Å². The van der Waals surface area contributed by atoms with Gasteiger partial charge in [-0.2, -0.15) is 0 Å². The molecular formula is C23H22ClNO2S. The summed E-state index contributed by atoms with van der Waals surface area (Å²) < 4.78 is 5.75. The zero-order chi connectivity index (χ0) is 19.9. The molecule has 0 saturated carbocycles. The van der Waals surface area contributed by atoms with Crippen LogP contribution < -0.4 is 10.1 Å². The van der Waals surface area contributed by atoms with Gasteiger partial charge in [0.25, 0.3) is 5.91 Å². The average Bonchev–Trinajstić information content (AvgIpc) is 2.70. The van der Waals surface area contributed by atoms with Gasteiger partial charge in [0.15, 0.2) is 0 Å². The number of benzene rings is 3. The van der Waals surface area contributed by atoms with Crippen molar-refractivity contribution in [3.63, 3.8) is 0 Å². The first-order valence-corrected chi connectivity index (χ1v) is 10.4. The Bertz CT molecular complexity index is 940. The highest BCUT2D eigenvalue weighted by molar-refractivity contribution is 7.98. The first kappa shape index (κ1) is 20.3. The number of amides is 1. The maximum absolute atomic E-state index is 12.6. The van der Waals surface area contributed by atoms with Crippen molar-refractivity contribution in [2.45, 2.75) is 24.5 Å². The van der Waals surface area contributed by atoms with Gasteiger partial charge in [-0.25, -0.2) is 0 Å². The number of nitrogens with one attached hydrogen (secondary N) is 1. The molecule has 3 nitrogen and oxygen atoms in total. The van der Waals surface area contributed by atoms with Gasteiger partial charge in [0, 0.05) is 32.5 Å². The lowest BCUT2D eigenvalue weighted by Crippen LogP contribution is -2.12. The molecule has 3 rings (SSSR count). The molecule has 0 fully saturated rings. The van der Waals surface area contributed by atoms with Gasteiger partial charge in [-0.3, -0.25) is 4.79 Å². The highest BCUT2D eigenvalue weighted by Gasteiger charge is 2.12. The Balaban J connectivity index is 1.76. The van der Waals surface area contributed by atoms with E-state index in [9.17, 15) is 4.79 Å². The fraction of sp³-hybridized carbons (Fsp3) is 0.174. The number of halogens is 1. The molecule has 0 aliphatic rings. The molecule has 0 heterocycles. The van der Waals surface area contributed by atoms with Crippen LogP contribution in [-0.2, 0) is 5.75 Å². The number of anilines is 1. The molecule has 28 heavy (non-hydrogen) atoms. The zero-order valence-electron chi connectivity index (χ0n) is 15.9. The second-order valence-electron chi connectivity index (χ2n) is 6.32. The van der Waals surface area contributed by atoms with E-state index >= 15 is 0 Å². The predicted molar refractivity (Wildman–Crippen MR) is 118 cm³/mol. The molecule has 0 radical (unpaired) electrons. The van der Waals surface area contributed by atoms with Crippen LogP contribution in [0.15, 0.2) is 71.6 Å². The van der Waals surface area contributed by atoms with Crippen LogP contribution in [0.2, 0.25) is 5.02 Å². The van der Waals surface area contributed by atoms with E-state index in [0.717, 1.165) is 17.1 Å². The van der Waals surface area contributed by atoms with Gasteiger partial charge in [-0.1, -0.05) is 29.3 Å². The summed E-state index contributed by atoms with van der Waals surface area (Å²) in [6.45, 7) is 4.61. The van der Waals surface area contributed by atoms with E-state index < -0.39 is 0 Å². The number of carbonyl (C=O) groups is 1. The van der Waals surface area contributed by atoms with Crippen molar-refractivity contribution in [1.29, 1.82) is 0 Å². The van der Waals surface area contributed by atoms with Crippen LogP contribution in [-0.4, -0.2) is 12.5 Å². The maximum atomic E-state index is 12.6. The van der Waals surface area contributed by atoms with Gasteiger partial charge >= 0.3 is 0 Å². The minimum absolute atomic E-state index is 0.160. The molecule has 3 aromatic rings. The fourth-order valence-corrected chi connectivity index (χ4v) is 3.66. The van der Waals surface area contributed by atoms with E-state index in [1.807, 2.05) is 19.1 Å². The molecule has 0 atom stereocenters. The Morgan fingerprint density at radius 2 is 1.75 bits per heavy atom. The van der Waals surface area contributed by atoms with Crippen molar-refractivity contribution in [2.24, 2.45) is 0 Å². The summed E-state index contributed by atoms with van der Waals surface area (Å²) >= 11 is 7.62. The first-order valence-electron chi connectivity index (χ1n) is 9.07. The molecule has 3 aromatic carbocycles. The van der Waals surface area contributed by atoms with Gasteiger partial charge < -0.3 is 10.1 Å². The third-order valence-electron chi connectivity index (χ3n) is 4.14. The number of hydrogen-bond donors (Lipinski definition) is 1. The molecule has 5 heteroatoms. The molecule has 0 spiro atoms. The second-order valence-corrected chi connectivity index (χ2v) is 7.80. The third kappa shape index (κ3) is 5.54. The highest BCUT2D eigenvalue weighted by atomic mass is 35.5. The number of carbonyl (C=O) groups excluding carboxylic acids is 1. The predicted octanol–water partition coefficient (Wildman–Crippen LogP) is 6.59. The summed E-state index contributed by atoms with van der Waals surface area (Å²) in [5, 5.41) is 3.53. The van der Waals surface area contributed by atoms with Crippen LogP contribution in [0.3, 0.4) is 0 Å². The van der Waals surface area contributed by atoms with E-state index in [0.29, 0.717) is 22.9 Å². The van der Waals surface area contributed by atoms with Crippen LogP contribution in [0.1, 0.15) is 28.4 Å². The van der Waals surface area contributed by atoms with Crippen LogP contribution in [0.5, 0.6) is 5.75 Å². The van der Waals surface area contributed by atoms with Gasteiger partial charge in [0.2, 0.25) is 0 Å².